The number of carbonyl (C=O) groups excluding carboxylic acids is 1. The van der Waals surface area contributed by atoms with Crippen molar-refractivity contribution in [1.82, 2.24) is 9.21 Å². The highest BCUT2D eigenvalue weighted by Crippen LogP contribution is 2.11. The average Bonchev–Trinajstić information content (AvgIpc) is 2.54. The van der Waals surface area contributed by atoms with E-state index in [-0.39, 0.29) is 18.4 Å². The van der Waals surface area contributed by atoms with Gasteiger partial charge in [-0.25, -0.2) is 8.42 Å². The lowest BCUT2D eigenvalue weighted by Gasteiger charge is -2.26. The highest BCUT2D eigenvalue weighted by atomic mass is 32.2. The van der Waals surface area contributed by atoms with Gasteiger partial charge >= 0.3 is 0 Å². The molecule has 112 valence electrons. The van der Waals surface area contributed by atoms with Gasteiger partial charge < -0.3 is 4.90 Å². The Morgan fingerprint density at radius 3 is 2.11 bits per heavy atom. The molecule has 1 aliphatic rings. The van der Waals surface area contributed by atoms with Crippen LogP contribution in [0.3, 0.4) is 0 Å². The zero-order valence-corrected chi connectivity index (χ0v) is 13.1. The molecule has 0 aromatic rings. The molecule has 1 aliphatic heterocycles. The number of hydrogen-bond donors (Lipinski definition) is 0. The Bertz CT molecular complexity index is 385. The first-order valence-electron chi connectivity index (χ1n) is 7.03. The first-order valence-corrected chi connectivity index (χ1v) is 8.88. The van der Waals surface area contributed by atoms with E-state index < -0.39 is 10.0 Å². The molecule has 6 heteroatoms. The van der Waals surface area contributed by atoms with Crippen molar-refractivity contribution in [3.8, 4) is 0 Å². The molecule has 1 saturated heterocycles. The van der Waals surface area contributed by atoms with E-state index in [1.807, 2.05) is 18.7 Å². The van der Waals surface area contributed by atoms with Crippen molar-refractivity contribution in [3.63, 3.8) is 0 Å². The minimum atomic E-state index is -3.32. The normalized spacial score (nSPS) is 17.8. The zero-order chi connectivity index (χ0) is 14.5. The Morgan fingerprint density at radius 1 is 1.16 bits per heavy atom. The molecule has 0 saturated carbocycles. The lowest BCUT2D eigenvalue weighted by Crippen LogP contribution is -2.44. The minimum Gasteiger partial charge on any atom is -0.342 e. The van der Waals surface area contributed by atoms with Crippen molar-refractivity contribution >= 4 is 15.9 Å². The largest absolute Gasteiger partial charge is 0.342 e. The molecule has 0 unspecified atom stereocenters. The molecule has 5 nitrogen and oxygen atoms in total. The van der Waals surface area contributed by atoms with Gasteiger partial charge in [-0.05, 0) is 18.8 Å². The molecule has 0 N–H and O–H groups in total. The van der Waals surface area contributed by atoms with Crippen molar-refractivity contribution < 1.29 is 13.2 Å². The Balaban J connectivity index is 2.64. The lowest BCUT2D eigenvalue weighted by atomic mass is 10.2. The van der Waals surface area contributed by atoms with Crippen molar-refractivity contribution in [3.05, 3.63) is 0 Å². The fraction of sp³-hybridized carbons (Fsp3) is 0.923. The Hall–Kier alpha value is -0.620. The molecular weight excluding hydrogens is 264 g/mol. The van der Waals surface area contributed by atoms with Crippen LogP contribution in [-0.2, 0) is 14.8 Å². The van der Waals surface area contributed by atoms with Crippen molar-refractivity contribution in [2.75, 3.05) is 32.4 Å². The van der Waals surface area contributed by atoms with E-state index >= 15 is 0 Å². The Kier molecular flexibility index (Phi) is 6.26. The molecule has 19 heavy (non-hydrogen) atoms. The SMILES string of the molecule is CC(C)CN(CC(=O)N1CCCCCC1)S(C)(=O)=O. The summed E-state index contributed by atoms with van der Waals surface area (Å²) in [4.78, 5) is 14.0. The van der Waals surface area contributed by atoms with Gasteiger partial charge in [0.15, 0.2) is 0 Å². The number of hydrogen-bond acceptors (Lipinski definition) is 3. The predicted molar refractivity (Wildman–Crippen MR) is 76.3 cm³/mol. The molecule has 0 radical (unpaired) electrons. The minimum absolute atomic E-state index is 0.0169. The molecule has 1 rings (SSSR count). The van der Waals surface area contributed by atoms with Gasteiger partial charge in [-0.1, -0.05) is 26.7 Å². The van der Waals surface area contributed by atoms with E-state index in [1.54, 1.807) is 0 Å². The Labute approximate surface area is 117 Å². The molecular formula is C13H26N2O3S. The van der Waals surface area contributed by atoms with Gasteiger partial charge in [0.1, 0.15) is 0 Å². The molecule has 0 bridgehead atoms. The summed E-state index contributed by atoms with van der Waals surface area (Å²) in [6, 6.07) is 0. The van der Waals surface area contributed by atoms with E-state index in [4.69, 9.17) is 0 Å². The molecule has 0 spiro atoms. The van der Waals surface area contributed by atoms with Crippen LogP contribution in [0.25, 0.3) is 0 Å². The summed E-state index contributed by atoms with van der Waals surface area (Å²) >= 11 is 0. The van der Waals surface area contributed by atoms with Crippen molar-refractivity contribution in [1.29, 1.82) is 0 Å². The molecule has 1 amide bonds. The summed E-state index contributed by atoms with van der Waals surface area (Å²) in [5, 5.41) is 0. The lowest BCUT2D eigenvalue weighted by molar-refractivity contribution is -0.131. The van der Waals surface area contributed by atoms with Gasteiger partial charge in [-0.2, -0.15) is 4.31 Å². The van der Waals surface area contributed by atoms with E-state index in [2.05, 4.69) is 0 Å². The third-order valence-electron chi connectivity index (χ3n) is 3.31. The second-order valence-corrected chi connectivity index (χ2v) is 7.73. The first-order chi connectivity index (χ1) is 8.80. The van der Waals surface area contributed by atoms with Gasteiger partial charge in [0.05, 0.1) is 12.8 Å². The van der Waals surface area contributed by atoms with Crippen LogP contribution >= 0.6 is 0 Å². The van der Waals surface area contributed by atoms with Gasteiger partial charge in [0, 0.05) is 19.6 Å². The van der Waals surface area contributed by atoms with Crippen LogP contribution in [-0.4, -0.2) is 56.0 Å². The smallest absolute Gasteiger partial charge is 0.237 e. The first kappa shape index (κ1) is 16.4. The van der Waals surface area contributed by atoms with Crippen LogP contribution < -0.4 is 0 Å². The summed E-state index contributed by atoms with van der Waals surface area (Å²) in [7, 11) is -3.32. The molecule has 1 fully saturated rings. The topological polar surface area (TPSA) is 57.7 Å². The Morgan fingerprint density at radius 2 is 1.68 bits per heavy atom. The number of likely N-dealkylation sites (tertiary alicyclic amines) is 1. The second-order valence-electron chi connectivity index (χ2n) is 5.74. The van der Waals surface area contributed by atoms with Crippen LogP contribution in [0.15, 0.2) is 0 Å². The summed E-state index contributed by atoms with van der Waals surface area (Å²) in [6.07, 6.45) is 5.53. The third kappa shape index (κ3) is 5.91. The molecule has 1 heterocycles. The van der Waals surface area contributed by atoms with Crippen LogP contribution in [0, 0.1) is 5.92 Å². The van der Waals surface area contributed by atoms with E-state index in [1.165, 1.54) is 10.6 Å². The zero-order valence-electron chi connectivity index (χ0n) is 12.3. The quantitative estimate of drug-likeness (QED) is 0.767. The van der Waals surface area contributed by atoms with Crippen molar-refractivity contribution in [2.24, 2.45) is 5.92 Å². The third-order valence-corrected chi connectivity index (χ3v) is 4.52. The maximum absolute atomic E-state index is 12.2. The van der Waals surface area contributed by atoms with Crippen LogP contribution in [0.1, 0.15) is 39.5 Å². The highest BCUT2D eigenvalue weighted by Gasteiger charge is 2.24. The van der Waals surface area contributed by atoms with Crippen molar-refractivity contribution in [2.45, 2.75) is 39.5 Å². The molecule has 0 atom stereocenters. The van der Waals surface area contributed by atoms with E-state index in [9.17, 15) is 13.2 Å². The van der Waals surface area contributed by atoms with Crippen LogP contribution in [0.2, 0.25) is 0 Å². The number of sulfonamides is 1. The molecule has 0 aromatic carbocycles. The van der Waals surface area contributed by atoms with E-state index in [0.717, 1.165) is 38.8 Å². The van der Waals surface area contributed by atoms with Gasteiger partial charge in [-0.15, -0.1) is 0 Å². The summed E-state index contributed by atoms with van der Waals surface area (Å²) in [6.45, 7) is 5.81. The standard InChI is InChI=1S/C13H26N2O3S/c1-12(2)10-15(19(3,17)18)11-13(16)14-8-6-4-5-7-9-14/h12H,4-11H2,1-3H3. The fourth-order valence-corrected chi connectivity index (χ4v) is 3.21. The van der Waals surface area contributed by atoms with Crippen LogP contribution in [0.5, 0.6) is 0 Å². The van der Waals surface area contributed by atoms with E-state index in [0.29, 0.717) is 6.54 Å². The average molecular weight is 290 g/mol. The number of amides is 1. The maximum atomic E-state index is 12.2. The fourth-order valence-electron chi connectivity index (χ4n) is 2.30. The maximum Gasteiger partial charge on any atom is 0.237 e. The predicted octanol–water partition coefficient (Wildman–Crippen LogP) is 1.31. The number of carbonyl (C=O) groups is 1. The number of rotatable bonds is 5. The summed E-state index contributed by atoms with van der Waals surface area (Å²) in [5.74, 6) is 0.152. The van der Waals surface area contributed by atoms with Crippen LogP contribution in [0.4, 0.5) is 0 Å². The van der Waals surface area contributed by atoms with Gasteiger partial charge in [-0.3, -0.25) is 4.79 Å². The second kappa shape index (κ2) is 7.24. The molecule has 0 aliphatic carbocycles. The summed E-state index contributed by atoms with van der Waals surface area (Å²) < 4.78 is 24.7. The summed E-state index contributed by atoms with van der Waals surface area (Å²) in [5.41, 5.74) is 0. The number of nitrogens with zero attached hydrogens (tertiary/aromatic N) is 2. The van der Waals surface area contributed by atoms with Gasteiger partial charge in [0.25, 0.3) is 0 Å². The monoisotopic (exact) mass is 290 g/mol. The highest BCUT2D eigenvalue weighted by molar-refractivity contribution is 7.88. The van der Waals surface area contributed by atoms with Gasteiger partial charge in [0.2, 0.25) is 15.9 Å². The molecule has 0 aromatic heterocycles.